The first kappa shape index (κ1) is 16.1. The van der Waals surface area contributed by atoms with Crippen molar-refractivity contribution in [3.8, 4) is 0 Å². The molecule has 0 bridgehead atoms. The highest BCUT2D eigenvalue weighted by molar-refractivity contribution is 6.74. The predicted molar refractivity (Wildman–Crippen MR) is 73.4 cm³/mol. The van der Waals surface area contributed by atoms with Gasteiger partial charge in [-0.1, -0.05) is 34.6 Å². The van der Waals surface area contributed by atoms with Crippen LogP contribution >= 0.6 is 0 Å². The molecule has 0 rings (SSSR count). The van der Waals surface area contributed by atoms with Gasteiger partial charge in [0.1, 0.15) is 0 Å². The number of rotatable bonds is 6. The zero-order valence-electron chi connectivity index (χ0n) is 12.4. The fraction of sp³-hybridized carbons (Fsp3) is 1.00. The van der Waals surface area contributed by atoms with E-state index in [1.807, 2.05) is 6.92 Å². The van der Waals surface area contributed by atoms with E-state index in [0.717, 1.165) is 19.8 Å². The van der Waals surface area contributed by atoms with E-state index in [1.165, 1.54) is 0 Å². The Kier molecular flexibility index (Phi) is 5.70. The first-order valence-electron chi connectivity index (χ1n) is 6.23. The maximum Gasteiger partial charge on any atom is 0.192 e. The van der Waals surface area contributed by atoms with E-state index in [-0.39, 0.29) is 10.5 Å². The van der Waals surface area contributed by atoms with E-state index in [2.05, 4.69) is 47.7 Å². The molecule has 0 fully saturated rings. The Morgan fingerprint density at radius 2 is 1.44 bits per heavy atom. The minimum Gasteiger partial charge on any atom is -0.416 e. The topological polar surface area (TPSA) is 18.5 Å². The van der Waals surface area contributed by atoms with Crippen molar-refractivity contribution in [2.24, 2.45) is 5.41 Å². The normalized spacial score (nSPS) is 14.2. The summed E-state index contributed by atoms with van der Waals surface area (Å²) in [5.74, 6) is 0. The molecule has 3 heteroatoms. The van der Waals surface area contributed by atoms with E-state index >= 15 is 0 Å². The van der Waals surface area contributed by atoms with E-state index in [4.69, 9.17) is 9.16 Å². The molecule has 2 nitrogen and oxygen atoms in total. The van der Waals surface area contributed by atoms with Crippen molar-refractivity contribution >= 4 is 8.32 Å². The van der Waals surface area contributed by atoms with Crippen LogP contribution in [0.4, 0.5) is 0 Å². The second kappa shape index (κ2) is 5.65. The quantitative estimate of drug-likeness (QED) is 0.658. The summed E-state index contributed by atoms with van der Waals surface area (Å²) in [6, 6.07) is 0. The fourth-order valence-electron chi connectivity index (χ4n) is 1.01. The van der Waals surface area contributed by atoms with Crippen LogP contribution < -0.4 is 0 Å². The third-order valence-corrected chi connectivity index (χ3v) is 7.81. The number of ether oxygens (including phenoxy) is 1. The molecule has 98 valence electrons. The van der Waals surface area contributed by atoms with Gasteiger partial charge in [0, 0.05) is 18.6 Å². The summed E-state index contributed by atoms with van der Waals surface area (Å²) >= 11 is 0. The number of hydrogen-bond donors (Lipinski definition) is 0. The van der Waals surface area contributed by atoms with Crippen LogP contribution in [0.3, 0.4) is 0 Å². The van der Waals surface area contributed by atoms with Crippen LogP contribution in [0.1, 0.15) is 41.5 Å². The zero-order valence-corrected chi connectivity index (χ0v) is 13.4. The average molecular weight is 246 g/mol. The van der Waals surface area contributed by atoms with Gasteiger partial charge in [0.05, 0.1) is 6.61 Å². The lowest BCUT2D eigenvalue weighted by molar-refractivity contribution is 0.0372. The van der Waals surface area contributed by atoms with Gasteiger partial charge in [-0.15, -0.1) is 0 Å². The Morgan fingerprint density at radius 3 is 1.81 bits per heavy atom. The molecule has 0 aromatic rings. The van der Waals surface area contributed by atoms with Crippen LogP contribution in [0.25, 0.3) is 0 Å². The van der Waals surface area contributed by atoms with Crippen molar-refractivity contribution in [2.75, 3.05) is 19.8 Å². The molecule has 0 saturated carbocycles. The molecule has 0 aliphatic rings. The summed E-state index contributed by atoms with van der Waals surface area (Å²) in [7, 11) is -1.61. The van der Waals surface area contributed by atoms with Gasteiger partial charge in [-0.25, -0.2) is 0 Å². The Hall–Kier alpha value is 0.137. The number of hydrogen-bond acceptors (Lipinski definition) is 2. The lowest BCUT2D eigenvalue weighted by atomic mass is 9.97. The van der Waals surface area contributed by atoms with E-state index < -0.39 is 8.32 Å². The van der Waals surface area contributed by atoms with E-state index in [9.17, 15) is 0 Å². The lowest BCUT2D eigenvalue weighted by Gasteiger charge is -2.39. The second-order valence-electron chi connectivity index (χ2n) is 6.85. The van der Waals surface area contributed by atoms with Gasteiger partial charge in [0.2, 0.25) is 0 Å². The minimum atomic E-state index is -1.61. The largest absolute Gasteiger partial charge is 0.416 e. The van der Waals surface area contributed by atoms with Crippen molar-refractivity contribution in [1.82, 2.24) is 0 Å². The molecule has 0 aromatic heterocycles. The Bertz CT molecular complexity index is 204. The Labute approximate surface area is 103 Å². The first-order chi connectivity index (χ1) is 7.02. The van der Waals surface area contributed by atoms with Crippen molar-refractivity contribution in [3.63, 3.8) is 0 Å². The standard InChI is InChI=1S/C13H30O2Si/c1-9-14-10-13(5,6)11-15-16(7,8)12(2,3)4/h9-11H2,1-8H3. The molecule has 0 N–H and O–H groups in total. The molecule has 0 radical (unpaired) electrons. The molecule has 0 atom stereocenters. The molecule has 0 heterocycles. The summed E-state index contributed by atoms with van der Waals surface area (Å²) in [6.45, 7) is 20.2. The van der Waals surface area contributed by atoms with E-state index in [0.29, 0.717) is 0 Å². The van der Waals surface area contributed by atoms with Crippen LogP contribution in [-0.4, -0.2) is 28.1 Å². The molecule has 0 aliphatic carbocycles. The van der Waals surface area contributed by atoms with Crippen molar-refractivity contribution in [1.29, 1.82) is 0 Å². The Balaban J connectivity index is 4.23. The van der Waals surface area contributed by atoms with Gasteiger partial charge in [-0.3, -0.25) is 0 Å². The fourth-order valence-corrected chi connectivity index (χ4v) is 2.20. The van der Waals surface area contributed by atoms with Gasteiger partial charge in [-0.05, 0) is 25.1 Å². The summed E-state index contributed by atoms with van der Waals surface area (Å²) in [5, 5.41) is 0.286. The maximum absolute atomic E-state index is 6.21. The second-order valence-corrected chi connectivity index (χ2v) is 11.7. The van der Waals surface area contributed by atoms with Gasteiger partial charge < -0.3 is 9.16 Å². The molecule has 0 aromatic carbocycles. The molecular weight excluding hydrogens is 216 g/mol. The molecule has 0 spiro atoms. The van der Waals surface area contributed by atoms with Crippen LogP contribution in [0.2, 0.25) is 18.1 Å². The Morgan fingerprint density at radius 1 is 0.938 bits per heavy atom. The third kappa shape index (κ3) is 5.46. The van der Waals surface area contributed by atoms with Crippen LogP contribution in [0.15, 0.2) is 0 Å². The van der Waals surface area contributed by atoms with Gasteiger partial charge in [-0.2, -0.15) is 0 Å². The first-order valence-corrected chi connectivity index (χ1v) is 9.14. The molecule has 16 heavy (non-hydrogen) atoms. The van der Waals surface area contributed by atoms with Gasteiger partial charge >= 0.3 is 0 Å². The van der Waals surface area contributed by atoms with Crippen molar-refractivity contribution in [3.05, 3.63) is 0 Å². The van der Waals surface area contributed by atoms with Crippen LogP contribution in [0, 0.1) is 5.41 Å². The van der Waals surface area contributed by atoms with Crippen LogP contribution in [-0.2, 0) is 9.16 Å². The SMILES string of the molecule is CCOCC(C)(C)CO[Si](C)(C)C(C)(C)C. The predicted octanol–water partition coefficient (Wildman–Crippen LogP) is 4.07. The van der Waals surface area contributed by atoms with Crippen molar-refractivity contribution < 1.29 is 9.16 Å². The molecular formula is C13H30O2Si. The monoisotopic (exact) mass is 246 g/mol. The summed E-state index contributed by atoms with van der Waals surface area (Å²) < 4.78 is 11.7. The zero-order chi connectivity index (χ0) is 13.0. The average Bonchev–Trinajstić information content (AvgIpc) is 2.10. The molecule has 0 saturated heterocycles. The molecule has 0 unspecified atom stereocenters. The summed E-state index contributed by atoms with van der Waals surface area (Å²) in [5.41, 5.74) is 0.117. The van der Waals surface area contributed by atoms with Crippen LogP contribution in [0.5, 0.6) is 0 Å². The lowest BCUT2D eigenvalue weighted by Crippen LogP contribution is -2.43. The van der Waals surface area contributed by atoms with Gasteiger partial charge in [0.15, 0.2) is 8.32 Å². The summed E-state index contributed by atoms with van der Waals surface area (Å²) in [4.78, 5) is 0. The van der Waals surface area contributed by atoms with Gasteiger partial charge in [0.25, 0.3) is 0 Å². The summed E-state index contributed by atoms with van der Waals surface area (Å²) in [6.07, 6.45) is 0. The maximum atomic E-state index is 6.21. The highest BCUT2D eigenvalue weighted by Gasteiger charge is 2.38. The highest BCUT2D eigenvalue weighted by Crippen LogP contribution is 2.37. The molecule has 0 aliphatic heterocycles. The highest BCUT2D eigenvalue weighted by atomic mass is 28.4. The van der Waals surface area contributed by atoms with E-state index in [1.54, 1.807) is 0 Å². The molecule has 0 amide bonds. The smallest absolute Gasteiger partial charge is 0.192 e. The third-order valence-electron chi connectivity index (χ3n) is 3.33. The minimum absolute atomic E-state index is 0.117. The van der Waals surface area contributed by atoms with Crippen molar-refractivity contribution in [2.45, 2.75) is 59.7 Å².